The Balaban J connectivity index is 3.25. The average molecular weight is 213 g/mol. The monoisotopic (exact) mass is 213 g/mol. The van der Waals surface area contributed by atoms with Gasteiger partial charge in [0.1, 0.15) is 12.7 Å². The summed E-state index contributed by atoms with van der Waals surface area (Å²) in [5, 5.41) is 6.51. The molecule has 1 aromatic rings. The van der Waals surface area contributed by atoms with E-state index in [0.29, 0.717) is 23.8 Å². The van der Waals surface area contributed by atoms with Gasteiger partial charge in [-0.05, 0) is 13.8 Å². The van der Waals surface area contributed by atoms with Crippen LogP contribution in [0.3, 0.4) is 0 Å². The normalized spacial score (nSPS) is 11.6. The zero-order valence-electron chi connectivity index (χ0n) is 9.33. The van der Waals surface area contributed by atoms with Crippen LogP contribution in [0.4, 0.5) is 0 Å². The molecule has 15 heavy (non-hydrogen) atoms. The van der Waals surface area contributed by atoms with Gasteiger partial charge in [-0.25, -0.2) is 0 Å². The summed E-state index contributed by atoms with van der Waals surface area (Å²) in [4.78, 5) is 16.3. The van der Waals surface area contributed by atoms with Crippen molar-refractivity contribution in [3.05, 3.63) is 15.9 Å². The molecule has 0 aliphatic carbocycles. The lowest BCUT2D eigenvalue weighted by Gasteiger charge is -2.01. The Kier molecular flexibility index (Phi) is 3.54. The fraction of sp³-hybridized carbons (Fsp3) is 0.556. The maximum atomic E-state index is 11.7. The van der Waals surface area contributed by atoms with Crippen LogP contribution in [-0.2, 0) is 11.9 Å². The number of rotatable bonds is 4. The van der Waals surface area contributed by atoms with E-state index in [1.54, 1.807) is 14.0 Å². The van der Waals surface area contributed by atoms with E-state index in [4.69, 9.17) is 4.74 Å². The van der Waals surface area contributed by atoms with E-state index >= 15 is 0 Å². The molecule has 6 heteroatoms. The molecule has 1 rings (SSSR count). The number of aromatic amines is 1. The Morgan fingerprint density at radius 3 is 2.80 bits per heavy atom. The average Bonchev–Trinajstić information content (AvgIpc) is 2.44. The summed E-state index contributed by atoms with van der Waals surface area (Å²) in [6.45, 7) is 4.02. The van der Waals surface area contributed by atoms with E-state index in [2.05, 4.69) is 15.1 Å². The van der Waals surface area contributed by atoms with E-state index in [1.165, 1.54) is 11.8 Å². The van der Waals surface area contributed by atoms with Crippen molar-refractivity contribution in [3.8, 4) is 5.88 Å². The van der Waals surface area contributed by atoms with E-state index in [1.807, 2.05) is 6.92 Å². The number of H-pyrrole nitrogens is 1. The van der Waals surface area contributed by atoms with Crippen molar-refractivity contribution in [1.29, 1.82) is 0 Å². The Bertz CT molecular complexity index is 417. The highest BCUT2D eigenvalue weighted by Crippen LogP contribution is 2.12. The second-order valence-corrected chi connectivity index (χ2v) is 2.97. The van der Waals surface area contributed by atoms with Crippen molar-refractivity contribution in [1.82, 2.24) is 9.78 Å². The third kappa shape index (κ3) is 2.20. The van der Waals surface area contributed by atoms with E-state index < -0.39 is 0 Å². The maximum Gasteiger partial charge on any atom is 0.279 e. The highest BCUT2D eigenvalue weighted by molar-refractivity contribution is 6.00. The zero-order chi connectivity index (χ0) is 11.4. The van der Waals surface area contributed by atoms with Gasteiger partial charge in [-0.15, -0.1) is 0 Å². The number of hydrogen-bond donors (Lipinski definition) is 1. The van der Waals surface area contributed by atoms with Crippen LogP contribution in [0.5, 0.6) is 5.88 Å². The van der Waals surface area contributed by atoms with Gasteiger partial charge in [0.05, 0.1) is 12.3 Å². The Labute approximate surface area is 87.5 Å². The van der Waals surface area contributed by atoms with Crippen LogP contribution in [0.25, 0.3) is 0 Å². The number of nitrogens with one attached hydrogen (secondary N) is 1. The molecule has 0 fully saturated rings. The van der Waals surface area contributed by atoms with Gasteiger partial charge in [0, 0.05) is 7.05 Å². The molecule has 84 valence electrons. The lowest BCUT2D eigenvalue weighted by Crippen LogP contribution is -2.18. The number of aromatic nitrogens is 2. The Hall–Kier alpha value is -1.72. The maximum absolute atomic E-state index is 11.7. The molecule has 0 bridgehead atoms. The number of oxime groups is 1. The number of aryl methyl sites for hydroxylation is 1. The number of ether oxygens (including phenoxy) is 1. The third-order valence-electron chi connectivity index (χ3n) is 1.89. The quantitative estimate of drug-likeness (QED) is 0.584. The molecule has 0 aliphatic heterocycles. The third-order valence-corrected chi connectivity index (χ3v) is 1.89. The minimum absolute atomic E-state index is 0.184. The number of nitrogens with zero attached hydrogens (tertiary/aromatic N) is 2. The topological polar surface area (TPSA) is 68.6 Å². The summed E-state index contributed by atoms with van der Waals surface area (Å²) in [5.74, 6) is 0.420. The first kappa shape index (κ1) is 11.4. The predicted octanol–water partition coefficient (Wildman–Crippen LogP) is 0.483. The van der Waals surface area contributed by atoms with Crippen molar-refractivity contribution in [3.63, 3.8) is 0 Å². The Morgan fingerprint density at radius 1 is 1.60 bits per heavy atom. The summed E-state index contributed by atoms with van der Waals surface area (Å²) >= 11 is 0. The SMILES string of the molecule is CCOc1[nH]n(C)c(=O)c1C(C)=NOC. The van der Waals surface area contributed by atoms with E-state index in [-0.39, 0.29) is 5.56 Å². The van der Waals surface area contributed by atoms with Crippen LogP contribution in [0.1, 0.15) is 19.4 Å². The fourth-order valence-electron chi connectivity index (χ4n) is 1.27. The lowest BCUT2D eigenvalue weighted by molar-refractivity contribution is 0.213. The summed E-state index contributed by atoms with van der Waals surface area (Å²) < 4.78 is 6.64. The first-order valence-electron chi connectivity index (χ1n) is 4.61. The van der Waals surface area contributed by atoms with Crippen LogP contribution in [0, 0.1) is 0 Å². The highest BCUT2D eigenvalue weighted by Gasteiger charge is 2.16. The van der Waals surface area contributed by atoms with Gasteiger partial charge in [0.25, 0.3) is 5.56 Å². The van der Waals surface area contributed by atoms with Crippen molar-refractivity contribution in [2.24, 2.45) is 12.2 Å². The molecular weight excluding hydrogens is 198 g/mol. The van der Waals surface area contributed by atoms with E-state index in [9.17, 15) is 4.79 Å². The first-order chi connectivity index (χ1) is 7.11. The van der Waals surface area contributed by atoms with Crippen molar-refractivity contribution >= 4 is 5.71 Å². The zero-order valence-corrected chi connectivity index (χ0v) is 9.33. The van der Waals surface area contributed by atoms with Gasteiger partial charge >= 0.3 is 0 Å². The van der Waals surface area contributed by atoms with Crippen LogP contribution in [0.2, 0.25) is 0 Å². The fourth-order valence-corrected chi connectivity index (χ4v) is 1.27. The molecule has 0 saturated carbocycles. The van der Waals surface area contributed by atoms with Gasteiger partial charge in [0.15, 0.2) is 0 Å². The van der Waals surface area contributed by atoms with Gasteiger partial charge in [-0.1, -0.05) is 5.16 Å². The molecule has 6 nitrogen and oxygen atoms in total. The smallest absolute Gasteiger partial charge is 0.279 e. The van der Waals surface area contributed by atoms with E-state index in [0.717, 1.165) is 0 Å². The molecule has 1 aromatic heterocycles. The van der Waals surface area contributed by atoms with Crippen LogP contribution < -0.4 is 10.3 Å². The molecule has 0 saturated heterocycles. The van der Waals surface area contributed by atoms with Gasteiger partial charge < -0.3 is 9.57 Å². The molecule has 0 atom stereocenters. The second-order valence-electron chi connectivity index (χ2n) is 2.97. The molecule has 0 aliphatic rings. The van der Waals surface area contributed by atoms with Crippen LogP contribution in [-0.4, -0.2) is 29.2 Å². The van der Waals surface area contributed by atoms with Crippen molar-refractivity contribution in [2.75, 3.05) is 13.7 Å². The molecule has 1 N–H and O–H groups in total. The molecular formula is C9H15N3O3. The second kappa shape index (κ2) is 4.68. The molecule has 1 heterocycles. The van der Waals surface area contributed by atoms with Crippen LogP contribution in [0.15, 0.2) is 9.95 Å². The first-order valence-corrected chi connectivity index (χ1v) is 4.61. The predicted molar refractivity (Wildman–Crippen MR) is 56.4 cm³/mol. The van der Waals surface area contributed by atoms with Crippen LogP contribution >= 0.6 is 0 Å². The lowest BCUT2D eigenvalue weighted by atomic mass is 10.2. The summed E-state index contributed by atoms with van der Waals surface area (Å²) in [7, 11) is 3.05. The largest absolute Gasteiger partial charge is 0.478 e. The summed E-state index contributed by atoms with van der Waals surface area (Å²) in [5.41, 5.74) is 0.709. The van der Waals surface area contributed by atoms with Gasteiger partial charge in [-0.2, -0.15) is 0 Å². The summed E-state index contributed by atoms with van der Waals surface area (Å²) in [6.07, 6.45) is 0. The van der Waals surface area contributed by atoms with Crippen molar-refractivity contribution in [2.45, 2.75) is 13.8 Å². The van der Waals surface area contributed by atoms with Gasteiger partial charge in [-0.3, -0.25) is 14.6 Å². The van der Waals surface area contributed by atoms with Gasteiger partial charge in [0.2, 0.25) is 5.88 Å². The molecule has 0 amide bonds. The highest BCUT2D eigenvalue weighted by atomic mass is 16.6. The van der Waals surface area contributed by atoms with Crippen molar-refractivity contribution < 1.29 is 9.57 Å². The molecule has 0 unspecified atom stereocenters. The summed E-state index contributed by atoms with van der Waals surface area (Å²) in [6, 6.07) is 0. The molecule has 0 aromatic carbocycles. The minimum atomic E-state index is -0.184. The molecule has 0 spiro atoms. The minimum Gasteiger partial charge on any atom is -0.478 e. The molecule has 0 radical (unpaired) electrons. The Morgan fingerprint density at radius 2 is 2.27 bits per heavy atom. The standard InChI is InChI=1S/C9H15N3O3/c1-5-15-8-7(6(2)11-14-4)9(13)12(3)10-8/h10H,5H2,1-4H3. The number of hydrogen-bond acceptors (Lipinski definition) is 4.